The Balaban J connectivity index is 1.92. The topological polar surface area (TPSA) is 26.0 Å². The van der Waals surface area contributed by atoms with Gasteiger partial charge in [-0.15, -0.1) is 0 Å². The van der Waals surface area contributed by atoms with E-state index in [1.807, 2.05) is 0 Å². The minimum Gasteiger partial charge on any atom is -0.327 e. The summed E-state index contributed by atoms with van der Waals surface area (Å²) in [5, 5.41) is 0. The van der Waals surface area contributed by atoms with Gasteiger partial charge >= 0.3 is 0 Å². The van der Waals surface area contributed by atoms with E-state index >= 15 is 0 Å². The van der Waals surface area contributed by atoms with Crippen molar-refractivity contribution in [2.24, 2.45) is 5.73 Å². The molecule has 1 unspecified atom stereocenters. The van der Waals surface area contributed by atoms with E-state index in [0.717, 1.165) is 19.3 Å². The molecule has 0 aliphatic carbocycles. The highest BCUT2D eigenvalue weighted by Crippen LogP contribution is 2.16. The number of nitrogens with two attached hydrogens (primary N) is 1. The van der Waals surface area contributed by atoms with E-state index < -0.39 is 0 Å². The van der Waals surface area contributed by atoms with Crippen molar-refractivity contribution in [3.63, 3.8) is 0 Å². The highest BCUT2D eigenvalue weighted by atomic mass is 14.6. The van der Waals surface area contributed by atoms with Crippen LogP contribution >= 0.6 is 0 Å². The van der Waals surface area contributed by atoms with Gasteiger partial charge in [0.15, 0.2) is 0 Å². The molecule has 0 aliphatic heterocycles. The Labute approximate surface area is 122 Å². The molecule has 0 saturated heterocycles. The Hall–Kier alpha value is -1.60. The van der Waals surface area contributed by atoms with Crippen molar-refractivity contribution in [1.29, 1.82) is 0 Å². The second kappa shape index (κ2) is 6.71. The van der Waals surface area contributed by atoms with E-state index in [4.69, 9.17) is 5.73 Å². The van der Waals surface area contributed by atoms with E-state index in [1.165, 1.54) is 27.8 Å². The second-order valence-electron chi connectivity index (χ2n) is 5.86. The van der Waals surface area contributed by atoms with Gasteiger partial charge in [-0.05, 0) is 62.3 Å². The Kier molecular flexibility index (Phi) is 4.97. The molecule has 0 aromatic heterocycles. The largest absolute Gasteiger partial charge is 0.327 e. The van der Waals surface area contributed by atoms with Gasteiger partial charge in [0.05, 0.1) is 0 Å². The fourth-order valence-corrected chi connectivity index (χ4v) is 2.64. The summed E-state index contributed by atoms with van der Waals surface area (Å²) >= 11 is 0. The Morgan fingerprint density at radius 1 is 0.900 bits per heavy atom. The van der Waals surface area contributed by atoms with Gasteiger partial charge < -0.3 is 5.73 Å². The molecule has 20 heavy (non-hydrogen) atoms. The molecule has 0 heterocycles. The number of rotatable bonds is 5. The maximum atomic E-state index is 6.32. The lowest BCUT2D eigenvalue weighted by Gasteiger charge is -2.15. The van der Waals surface area contributed by atoms with Crippen LogP contribution in [0.2, 0.25) is 0 Å². The summed E-state index contributed by atoms with van der Waals surface area (Å²) in [4.78, 5) is 0. The first-order valence-electron chi connectivity index (χ1n) is 7.42. The Bertz CT molecular complexity index is 534. The lowest BCUT2D eigenvalue weighted by atomic mass is 9.94. The molecule has 2 rings (SSSR count). The minimum atomic E-state index is 0.233. The summed E-state index contributed by atoms with van der Waals surface area (Å²) in [7, 11) is 0. The van der Waals surface area contributed by atoms with Crippen LogP contribution in [-0.2, 0) is 12.8 Å². The third-order valence-corrected chi connectivity index (χ3v) is 4.04. The molecule has 0 saturated carbocycles. The molecule has 0 spiro atoms. The lowest BCUT2D eigenvalue weighted by molar-refractivity contribution is 0.607. The van der Waals surface area contributed by atoms with Gasteiger partial charge in [-0.1, -0.05) is 48.0 Å². The Morgan fingerprint density at radius 2 is 1.50 bits per heavy atom. The summed E-state index contributed by atoms with van der Waals surface area (Å²) in [6, 6.07) is 15.5. The van der Waals surface area contributed by atoms with Crippen molar-refractivity contribution in [2.45, 2.75) is 46.1 Å². The molecule has 0 bridgehead atoms. The molecule has 2 aromatic carbocycles. The maximum Gasteiger partial charge on any atom is 0.00826 e. The molecule has 1 heteroatoms. The van der Waals surface area contributed by atoms with Gasteiger partial charge in [-0.3, -0.25) is 0 Å². The van der Waals surface area contributed by atoms with Crippen LogP contribution in [0.3, 0.4) is 0 Å². The number of aryl methyl sites for hydroxylation is 4. The average molecular weight is 267 g/mol. The predicted octanol–water partition coefficient (Wildman–Crippen LogP) is 4.11. The number of hydrogen-bond acceptors (Lipinski definition) is 1. The van der Waals surface area contributed by atoms with Crippen LogP contribution in [0.25, 0.3) is 0 Å². The highest BCUT2D eigenvalue weighted by molar-refractivity contribution is 5.34. The van der Waals surface area contributed by atoms with E-state index in [1.54, 1.807) is 0 Å². The minimum absolute atomic E-state index is 0.233. The smallest absolute Gasteiger partial charge is 0.00826 e. The normalized spacial score (nSPS) is 12.4. The molecule has 0 radical (unpaired) electrons. The zero-order chi connectivity index (χ0) is 14.5. The predicted molar refractivity (Wildman–Crippen MR) is 87.1 cm³/mol. The summed E-state index contributed by atoms with van der Waals surface area (Å²) < 4.78 is 0. The van der Waals surface area contributed by atoms with Crippen molar-refractivity contribution in [2.75, 3.05) is 0 Å². The first kappa shape index (κ1) is 14.8. The van der Waals surface area contributed by atoms with Crippen LogP contribution < -0.4 is 5.73 Å². The lowest BCUT2D eigenvalue weighted by Crippen LogP contribution is -2.24. The summed E-state index contributed by atoms with van der Waals surface area (Å²) in [5.41, 5.74) is 13.2. The molecule has 2 aromatic rings. The first-order chi connectivity index (χ1) is 9.56. The monoisotopic (exact) mass is 267 g/mol. The zero-order valence-electron chi connectivity index (χ0n) is 12.8. The fourth-order valence-electron chi connectivity index (χ4n) is 2.64. The second-order valence-corrected chi connectivity index (χ2v) is 5.86. The van der Waals surface area contributed by atoms with Crippen molar-refractivity contribution < 1.29 is 0 Å². The SMILES string of the molecule is Cc1ccc(CCC(N)Cc2c(C)cccc2C)cc1. The van der Waals surface area contributed by atoms with E-state index in [0.29, 0.717) is 0 Å². The van der Waals surface area contributed by atoms with Crippen molar-refractivity contribution in [1.82, 2.24) is 0 Å². The van der Waals surface area contributed by atoms with Gasteiger partial charge in [0.25, 0.3) is 0 Å². The van der Waals surface area contributed by atoms with Crippen LogP contribution in [0, 0.1) is 20.8 Å². The summed E-state index contributed by atoms with van der Waals surface area (Å²) in [6.07, 6.45) is 3.08. The van der Waals surface area contributed by atoms with Crippen molar-refractivity contribution >= 4 is 0 Å². The molecule has 0 fully saturated rings. The molecule has 0 aliphatic rings. The van der Waals surface area contributed by atoms with E-state index in [-0.39, 0.29) is 6.04 Å². The van der Waals surface area contributed by atoms with Crippen LogP contribution in [0.4, 0.5) is 0 Å². The van der Waals surface area contributed by atoms with Crippen LogP contribution in [0.5, 0.6) is 0 Å². The molecule has 1 nitrogen and oxygen atoms in total. The molecule has 0 amide bonds. The standard InChI is InChI=1S/C19H25N/c1-14-7-9-17(10-8-14)11-12-18(20)13-19-15(2)5-4-6-16(19)3/h4-10,18H,11-13,20H2,1-3H3. The number of benzene rings is 2. The fraction of sp³-hybridized carbons (Fsp3) is 0.368. The van der Waals surface area contributed by atoms with Crippen LogP contribution in [-0.4, -0.2) is 6.04 Å². The van der Waals surface area contributed by atoms with Crippen LogP contribution in [0.1, 0.15) is 34.2 Å². The maximum absolute atomic E-state index is 6.32. The van der Waals surface area contributed by atoms with Gasteiger partial charge in [0, 0.05) is 6.04 Å². The van der Waals surface area contributed by atoms with E-state index in [2.05, 4.69) is 63.2 Å². The van der Waals surface area contributed by atoms with Gasteiger partial charge in [0.1, 0.15) is 0 Å². The van der Waals surface area contributed by atoms with Crippen molar-refractivity contribution in [3.8, 4) is 0 Å². The average Bonchev–Trinajstić information content (AvgIpc) is 2.42. The molecule has 106 valence electrons. The number of hydrogen-bond donors (Lipinski definition) is 1. The summed E-state index contributed by atoms with van der Waals surface area (Å²) in [6.45, 7) is 6.47. The van der Waals surface area contributed by atoms with Crippen molar-refractivity contribution in [3.05, 3.63) is 70.3 Å². The van der Waals surface area contributed by atoms with Crippen LogP contribution in [0.15, 0.2) is 42.5 Å². The molecule has 1 atom stereocenters. The Morgan fingerprint density at radius 3 is 2.10 bits per heavy atom. The third kappa shape index (κ3) is 3.94. The third-order valence-electron chi connectivity index (χ3n) is 4.04. The summed E-state index contributed by atoms with van der Waals surface area (Å²) in [5.74, 6) is 0. The quantitative estimate of drug-likeness (QED) is 0.866. The first-order valence-corrected chi connectivity index (χ1v) is 7.42. The molecule has 2 N–H and O–H groups in total. The zero-order valence-corrected chi connectivity index (χ0v) is 12.8. The van der Waals surface area contributed by atoms with Gasteiger partial charge in [-0.25, -0.2) is 0 Å². The van der Waals surface area contributed by atoms with Gasteiger partial charge in [0.2, 0.25) is 0 Å². The highest BCUT2D eigenvalue weighted by Gasteiger charge is 2.08. The molecular formula is C19H25N. The molecular weight excluding hydrogens is 242 g/mol. The van der Waals surface area contributed by atoms with E-state index in [9.17, 15) is 0 Å². The van der Waals surface area contributed by atoms with Gasteiger partial charge in [-0.2, -0.15) is 0 Å².